The number of ether oxygens (including phenoxy) is 1. The number of hydrogen-bond donors (Lipinski definition) is 2. The maximum Gasteiger partial charge on any atom is 0.247 e. The van der Waals surface area contributed by atoms with Crippen LogP contribution < -0.4 is 10.5 Å². The third-order valence-corrected chi connectivity index (χ3v) is 7.07. The zero-order chi connectivity index (χ0) is 17.2. The Balaban J connectivity index is 0.00000225. The third-order valence-electron chi connectivity index (χ3n) is 4.56. The molecular formula is C15H25IN4O3S2. The SMILES string of the molecule is CCNC(=NCc1ccc(S(N)(=O)=O)s1)N1CCC2(CCOC2)C1.I. The predicted molar refractivity (Wildman–Crippen MR) is 110 cm³/mol. The van der Waals surface area contributed by atoms with Gasteiger partial charge in [-0.2, -0.15) is 0 Å². The fraction of sp³-hybridized carbons (Fsp3) is 0.667. The van der Waals surface area contributed by atoms with Crippen molar-refractivity contribution in [3.05, 3.63) is 17.0 Å². The van der Waals surface area contributed by atoms with Crippen LogP contribution in [0.1, 0.15) is 24.6 Å². The predicted octanol–water partition coefficient (Wildman–Crippen LogP) is 1.59. The van der Waals surface area contributed by atoms with Gasteiger partial charge in [-0.05, 0) is 31.9 Å². The van der Waals surface area contributed by atoms with Gasteiger partial charge in [-0.15, -0.1) is 35.3 Å². The second-order valence-electron chi connectivity index (χ2n) is 6.41. The molecular weight excluding hydrogens is 475 g/mol. The van der Waals surface area contributed by atoms with Crippen molar-refractivity contribution in [2.75, 3.05) is 32.8 Å². The van der Waals surface area contributed by atoms with Crippen molar-refractivity contribution in [1.29, 1.82) is 0 Å². The fourth-order valence-electron chi connectivity index (χ4n) is 3.26. The number of nitrogens with two attached hydrogens (primary N) is 1. The Labute approximate surface area is 170 Å². The molecule has 0 aromatic carbocycles. The maximum atomic E-state index is 11.4. The van der Waals surface area contributed by atoms with Crippen LogP contribution in [0.5, 0.6) is 0 Å². The van der Waals surface area contributed by atoms with Gasteiger partial charge in [0.2, 0.25) is 10.0 Å². The quantitative estimate of drug-likeness (QED) is 0.372. The normalized spacial score (nSPS) is 23.9. The van der Waals surface area contributed by atoms with E-state index in [0.29, 0.717) is 6.54 Å². The van der Waals surface area contributed by atoms with Crippen LogP contribution in [0.25, 0.3) is 0 Å². The summed E-state index contributed by atoms with van der Waals surface area (Å²) in [5.41, 5.74) is 0.278. The van der Waals surface area contributed by atoms with Crippen LogP contribution in [0.2, 0.25) is 0 Å². The smallest absolute Gasteiger partial charge is 0.247 e. The molecule has 1 unspecified atom stereocenters. The second kappa shape index (κ2) is 8.51. The molecule has 2 saturated heterocycles. The minimum Gasteiger partial charge on any atom is -0.381 e. The van der Waals surface area contributed by atoms with E-state index in [9.17, 15) is 8.42 Å². The molecule has 1 aromatic rings. The van der Waals surface area contributed by atoms with E-state index in [0.717, 1.165) is 56.5 Å². The van der Waals surface area contributed by atoms with Gasteiger partial charge >= 0.3 is 0 Å². The number of thiophene rings is 1. The molecule has 2 aliphatic rings. The van der Waals surface area contributed by atoms with Gasteiger partial charge in [0, 0.05) is 36.5 Å². The summed E-state index contributed by atoms with van der Waals surface area (Å²) in [5, 5.41) is 8.49. The van der Waals surface area contributed by atoms with E-state index in [2.05, 4.69) is 15.2 Å². The number of sulfonamides is 1. The molecule has 142 valence electrons. The topological polar surface area (TPSA) is 97.0 Å². The van der Waals surface area contributed by atoms with Gasteiger partial charge < -0.3 is 15.0 Å². The molecule has 25 heavy (non-hydrogen) atoms. The van der Waals surface area contributed by atoms with Crippen molar-refractivity contribution < 1.29 is 13.2 Å². The first-order valence-electron chi connectivity index (χ1n) is 8.14. The highest BCUT2D eigenvalue weighted by Crippen LogP contribution is 2.38. The molecule has 2 fully saturated rings. The van der Waals surface area contributed by atoms with E-state index in [-0.39, 0.29) is 33.6 Å². The molecule has 7 nitrogen and oxygen atoms in total. The molecule has 0 amide bonds. The summed E-state index contributed by atoms with van der Waals surface area (Å²) in [4.78, 5) is 7.85. The van der Waals surface area contributed by atoms with Crippen molar-refractivity contribution in [2.24, 2.45) is 15.5 Å². The number of likely N-dealkylation sites (tertiary alicyclic amines) is 1. The second-order valence-corrected chi connectivity index (χ2v) is 9.37. The number of hydrogen-bond acceptors (Lipinski definition) is 5. The van der Waals surface area contributed by atoms with E-state index >= 15 is 0 Å². The van der Waals surface area contributed by atoms with Crippen molar-refractivity contribution in [3.8, 4) is 0 Å². The van der Waals surface area contributed by atoms with E-state index in [1.54, 1.807) is 12.1 Å². The van der Waals surface area contributed by atoms with Crippen molar-refractivity contribution in [2.45, 2.75) is 30.5 Å². The van der Waals surface area contributed by atoms with Crippen molar-refractivity contribution in [1.82, 2.24) is 10.2 Å². The first-order valence-corrected chi connectivity index (χ1v) is 10.5. The Kier molecular flexibility index (Phi) is 7.10. The average Bonchev–Trinajstić information content (AvgIpc) is 3.25. The zero-order valence-corrected chi connectivity index (χ0v) is 18.2. The summed E-state index contributed by atoms with van der Waals surface area (Å²) < 4.78 is 28.5. The highest BCUT2D eigenvalue weighted by Gasteiger charge is 2.42. The van der Waals surface area contributed by atoms with Crippen molar-refractivity contribution >= 4 is 51.3 Å². The van der Waals surface area contributed by atoms with Crippen LogP contribution in [-0.2, 0) is 21.3 Å². The summed E-state index contributed by atoms with van der Waals surface area (Å²) in [7, 11) is -3.63. The van der Waals surface area contributed by atoms with Crippen LogP contribution in [-0.4, -0.2) is 52.1 Å². The lowest BCUT2D eigenvalue weighted by Crippen LogP contribution is -2.41. The van der Waals surface area contributed by atoms with E-state index in [1.165, 1.54) is 11.3 Å². The van der Waals surface area contributed by atoms with Gasteiger partial charge in [0.25, 0.3) is 0 Å². The number of nitrogens with zero attached hydrogens (tertiary/aromatic N) is 2. The molecule has 3 N–H and O–H groups in total. The minimum absolute atomic E-state index is 0. The third kappa shape index (κ3) is 5.06. The Morgan fingerprint density at radius 2 is 2.28 bits per heavy atom. The van der Waals surface area contributed by atoms with Crippen LogP contribution in [0, 0.1) is 5.41 Å². The lowest BCUT2D eigenvalue weighted by Gasteiger charge is -2.24. The Hall–Kier alpha value is -0.430. The molecule has 1 spiro atoms. The minimum atomic E-state index is -3.63. The molecule has 0 aliphatic carbocycles. The van der Waals surface area contributed by atoms with Crippen LogP contribution in [0.3, 0.4) is 0 Å². The van der Waals surface area contributed by atoms with Gasteiger partial charge in [0.05, 0.1) is 13.2 Å². The van der Waals surface area contributed by atoms with Gasteiger partial charge in [-0.25, -0.2) is 18.5 Å². The van der Waals surface area contributed by atoms with Gasteiger partial charge in [-0.1, -0.05) is 0 Å². The highest BCUT2D eigenvalue weighted by molar-refractivity contribution is 14.0. The Bertz CT molecular complexity index is 714. The summed E-state index contributed by atoms with van der Waals surface area (Å²) >= 11 is 1.17. The summed E-state index contributed by atoms with van der Waals surface area (Å²) in [5.74, 6) is 0.881. The lowest BCUT2D eigenvalue weighted by molar-refractivity contribution is 0.156. The molecule has 3 rings (SSSR count). The van der Waals surface area contributed by atoms with E-state index in [1.807, 2.05) is 6.92 Å². The zero-order valence-electron chi connectivity index (χ0n) is 14.2. The molecule has 1 atom stereocenters. The highest BCUT2D eigenvalue weighted by atomic mass is 127. The fourth-order valence-corrected chi connectivity index (χ4v) is 4.97. The molecule has 3 heterocycles. The number of rotatable bonds is 4. The number of aliphatic imine (C=N–C) groups is 1. The largest absolute Gasteiger partial charge is 0.381 e. The van der Waals surface area contributed by atoms with E-state index < -0.39 is 10.0 Å². The first kappa shape index (κ1) is 20.9. The molecule has 0 bridgehead atoms. The lowest BCUT2D eigenvalue weighted by atomic mass is 9.87. The molecule has 2 aliphatic heterocycles. The summed E-state index contributed by atoms with van der Waals surface area (Å²) in [6, 6.07) is 3.31. The van der Waals surface area contributed by atoms with Gasteiger partial charge in [0.1, 0.15) is 4.21 Å². The van der Waals surface area contributed by atoms with E-state index in [4.69, 9.17) is 9.88 Å². The number of nitrogens with one attached hydrogen (secondary N) is 1. The Morgan fingerprint density at radius 1 is 1.48 bits per heavy atom. The number of guanidine groups is 1. The van der Waals surface area contributed by atoms with Crippen LogP contribution in [0.15, 0.2) is 21.3 Å². The average molecular weight is 500 g/mol. The van der Waals surface area contributed by atoms with Crippen LogP contribution >= 0.6 is 35.3 Å². The maximum absolute atomic E-state index is 11.4. The summed E-state index contributed by atoms with van der Waals surface area (Å²) in [6.07, 6.45) is 2.25. The van der Waals surface area contributed by atoms with Crippen LogP contribution in [0.4, 0.5) is 0 Å². The molecule has 1 aromatic heterocycles. The molecule has 10 heteroatoms. The molecule has 0 radical (unpaired) electrons. The monoisotopic (exact) mass is 500 g/mol. The Morgan fingerprint density at radius 3 is 2.88 bits per heavy atom. The number of primary sulfonamides is 1. The standard InChI is InChI=1S/C15H24N4O3S2.HI/c1-2-17-14(19-7-5-15(10-19)6-8-22-11-15)18-9-12-3-4-13(23-12)24(16,20)21;/h3-4H,2,5-11H2,1H3,(H,17,18)(H2,16,20,21);1H. The van der Waals surface area contributed by atoms with Gasteiger partial charge in [-0.3, -0.25) is 0 Å². The van der Waals surface area contributed by atoms with Crippen molar-refractivity contribution in [3.63, 3.8) is 0 Å². The molecule has 0 saturated carbocycles. The first-order chi connectivity index (χ1) is 11.4. The summed E-state index contributed by atoms with van der Waals surface area (Å²) in [6.45, 7) is 6.92. The number of halogens is 1. The van der Waals surface area contributed by atoms with Gasteiger partial charge in [0.15, 0.2) is 5.96 Å².